The molecule has 0 bridgehead atoms. The van der Waals surface area contributed by atoms with E-state index in [1.807, 2.05) is 7.05 Å². The van der Waals surface area contributed by atoms with Crippen molar-refractivity contribution >= 4 is 33.2 Å². The maximum Gasteiger partial charge on any atom is 0.416 e. The average molecular weight is 504 g/mol. The fourth-order valence-electron chi connectivity index (χ4n) is 3.61. The molecule has 1 N–H and O–H groups in total. The number of halogens is 4. The first-order chi connectivity index (χ1) is 15.5. The van der Waals surface area contributed by atoms with Crippen LogP contribution < -0.4 is 9.62 Å². The Morgan fingerprint density at radius 2 is 1.79 bits per heavy atom. The van der Waals surface area contributed by atoms with Gasteiger partial charge in [0, 0.05) is 6.54 Å². The van der Waals surface area contributed by atoms with E-state index in [-0.39, 0.29) is 15.8 Å². The van der Waals surface area contributed by atoms with E-state index < -0.39 is 39.9 Å². The van der Waals surface area contributed by atoms with Crippen molar-refractivity contribution in [1.82, 2.24) is 10.2 Å². The number of likely N-dealkylation sites (tertiary alicyclic amines) is 1. The molecule has 0 atom stereocenters. The highest BCUT2D eigenvalue weighted by Gasteiger charge is 2.34. The lowest BCUT2D eigenvalue weighted by Crippen LogP contribution is -2.43. The summed E-state index contributed by atoms with van der Waals surface area (Å²) in [6, 6.07) is 9.57. The zero-order valence-electron chi connectivity index (χ0n) is 18.0. The SMILES string of the molecule is CN1CCC(CNC(=O)CN(c2cc(C(F)(F)F)ccc2Cl)S(=O)(=O)c2ccccc2)CC1. The minimum absolute atomic E-state index is 0.165. The molecule has 2 aromatic carbocycles. The number of benzene rings is 2. The summed E-state index contributed by atoms with van der Waals surface area (Å²) in [5.74, 6) is -0.372. The van der Waals surface area contributed by atoms with E-state index in [0.29, 0.717) is 16.9 Å². The van der Waals surface area contributed by atoms with Gasteiger partial charge in [0.25, 0.3) is 10.0 Å². The molecule has 1 fully saturated rings. The third-order valence-electron chi connectivity index (χ3n) is 5.59. The third kappa shape index (κ3) is 6.39. The minimum atomic E-state index is -4.71. The Morgan fingerprint density at radius 3 is 2.39 bits per heavy atom. The standard InChI is InChI=1S/C22H25ClF3N3O3S/c1-28-11-9-16(10-12-28)14-27-21(30)15-29(33(31,32)18-5-3-2-4-6-18)20-13-17(22(24,25)26)7-8-19(20)23/h2-8,13,16H,9-12,14-15H2,1H3,(H,27,30). The summed E-state index contributed by atoms with van der Waals surface area (Å²) < 4.78 is 67.2. The third-order valence-corrected chi connectivity index (χ3v) is 7.68. The average Bonchev–Trinajstić information content (AvgIpc) is 2.77. The van der Waals surface area contributed by atoms with Gasteiger partial charge in [-0.1, -0.05) is 29.8 Å². The van der Waals surface area contributed by atoms with Crippen molar-refractivity contribution in [2.24, 2.45) is 5.92 Å². The highest BCUT2D eigenvalue weighted by atomic mass is 35.5. The molecule has 1 saturated heterocycles. The lowest BCUT2D eigenvalue weighted by atomic mass is 9.97. The van der Waals surface area contributed by atoms with Crippen LogP contribution in [-0.2, 0) is 21.0 Å². The molecule has 1 heterocycles. The van der Waals surface area contributed by atoms with Gasteiger partial charge in [-0.15, -0.1) is 0 Å². The van der Waals surface area contributed by atoms with Crippen LogP contribution in [0, 0.1) is 5.92 Å². The Kier molecular flexibility index (Phi) is 7.92. The molecule has 6 nitrogen and oxygen atoms in total. The summed E-state index contributed by atoms with van der Waals surface area (Å²) >= 11 is 6.12. The predicted molar refractivity (Wildman–Crippen MR) is 121 cm³/mol. The van der Waals surface area contributed by atoms with Crippen LogP contribution in [0.2, 0.25) is 5.02 Å². The van der Waals surface area contributed by atoms with Crippen LogP contribution in [-0.4, -0.2) is 52.5 Å². The quantitative estimate of drug-likeness (QED) is 0.620. The molecule has 2 aromatic rings. The van der Waals surface area contributed by atoms with Crippen LogP contribution in [0.5, 0.6) is 0 Å². The summed E-state index contributed by atoms with van der Waals surface area (Å²) in [7, 11) is -2.36. The summed E-state index contributed by atoms with van der Waals surface area (Å²) in [6.07, 6.45) is -2.93. The van der Waals surface area contributed by atoms with E-state index in [1.54, 1.807) is 6.07 Å². The zero-order chi connectivity index (χ0) is 24.2. The van der Waals surface area contributed by atoms with Crippen molar-refractivity contribution in [2.75, 3.05) is 37.5 Å². The second-order valence-corrected chi connectivity index (χ2v) is 10.3. The topological polar surface area (TPSA) is 69.7 Å². The van der Waals surface area contributed by atoms with Crippen LogP contribution in [0.4, 0.5) is 18.9 Å². The smallest absolute Gasteiger partial charge is 0.354 e. The van der Waals surface area contributed by atoms with E-state index in [0.717, 1.165) is 38.1 Å². The van der Waals surface area contributed by atoms with Crippen molar-refractivity contribution < 1.29 is 26.4 Å². The first-order valence-corrected chi connectivity index (χ1v) is 12.2. The molecule has 3 rings (SSSR count). The van der Waals surface area contributed by atoms with Crippen molar-refractivity contribution in [3.05, 3.63) is 59.1 Å². The number of piperidine rings is 1. The second kappa shape index (κ2) is 10.3. The first kappa shape index (κ1) is 25.3. The number of nitrogens with one attached hydrogen (secondary N) is 1. The largest absolute Gasteiger partial charge is 0.416 e. The lowest BCUT2D eigenvalue weighted by Gasteiger charge is -2.29. The number of alkyl halides is 3. The van der Waals surface area contributed by atoms with Gasteiger partial charge in [-0.25, -0.2) is 8.42 Å². The number of rotatable bonds is 7. The van der Waals surface area contributed by atoms with Crippen molar-refractivity contribution in [3.8, 4) is 0 Å². The summed E-state index contributed by atoms with van der Waals surface area (Å²) in [4.78, 5) is 14.7. The van der Waals surface area contributed by atoms with Gasteiger partial charge in [0.05, 0.1) is 21.2 Å². The summed E-state index contributed by atoms with van der Waals surface area (Å²) in [5.41, 5.74) is -1.48. The molecule has 11 heteroatoms. The predicted octanol–water partition coefficient (Wildman–Crippen LogP) is 4.01. The van der Waals surface area contributed by atoms with Crippen LogP contribution in [0.15, 0.2) is 53.4 Å². The number of anilines is 1. The minimum Gasteiger partial charge on any atom is -0.354 e. The van der Waals surface area contributed by atoms with E-state index in [2.05, 4.69) is 10.2 Å². The zero-order valence-corrected chi connectivity index (χ0v) is 19.6. The monoisotopic (exact) mass is 503 g/mol. The molecular weight excluding hydrogens is 479 g/mol. The first-order valence-electron chi connectivity index (χ1n) is 10.4. The molecule has 180 valence electrons. The number of sulfonamides is 1. The van der Waals surface area contributed by atoms with E-state index >= 15 is 0 Å². The second-order valence-electron chi connectivity index (χ2n) is 8.04. The van der Waals surface area contributed by atoms with E-state index in [1.165, 1.54) is 24.3 Å². The van der Waals surface area contributed by atoms with Crippen LogP contribution in [0.3, 0.4) is 0 Å². The summed E-state index contributed by atoms with van der Waals surface area (Å²) in [6.45, 7) is 1.46. The molecule has 0 unspecified atom stereocenters. The van der Waals surface area contributed by atoms with Gasteiger partial charge in [-0.3, -0.25) is 9.10 Å². The molecule has 0 spiro atoms. The van der Waals surface area contributed by atoms with Crippen molar-refractivity contribution in [2.45, 2.75) is 23.9 Å². The van der Waals surface area contributed by atoms with Gasteiger partial charge < -0.3 is 10.2 Å². The normalized spacial score (nSPS) is 15.9. The Balaban J connectivity index is 1.89. The molecule has 0 saturated carbocycles. The van der Waals surface area contributed by atoms with Gasteiger partial charge in [-0.2, -0.15) is 13.2 Å². The van der Waals surface area contributed by atoms with Crippen LogP contribution in [0.1, 0.15) is 18.4 Å². The van der Waals surface area contributed by atoms with Gasteiger partial charge in [0.2, 0.25) is 5.91 Å². The van der Waals surface area contributed by atoms with Gasteiger partial charge in [-0.05, 0) is 69.2 Å². The van der Waals surface area contributed by atoms with E-state index in [9.17, 15) is 26.4 Å². The molecule has 1 amide bonds. The molecular formula is C22H25ClF3N3O3S. The summed E-state index contributed by atoms with van der Waals surface area (Å²) in [5, 5.41) is 2.51. The van der Waals surface area contributed by atoms with Gasteiger partial charge in [0.15, 0.2) is 0 Å². The van der Waals surface area contributed by atoms with Crippen molar-refractivity contribution in [3.63, 3.8) is 0 Å². The van der Waals surface area contributed by atoms with Crippen LogP contribution >= 0.6 is 11.6 Å². The number of carbonyl (C=O) groups is 1. The number of carbonyl (C=O) groups excluding carboxylic acids is 1. The number of hydrogen-bond donors (Lipinski definition) is 1. The highest BCUT2D eigenvalue weighted by Crippen LogP contribution is 2.37. The Hall–Kier alpha value is -2.30. The van der Waals surface area contributed by atoms with Gasteiger partial charge in [0.1, 0.15) is 6.54 Å². The number of hydrogen-bond acceptors (Lipinski definition) is 4. The number of amides is 1. The number of nitrogens with zero attached hydrogens (tertiary/aromatic N) is 2. The molecule has 0 aliphatic carbocycles. The fraction of sp³-hybridized carbons (Fsp3) is 0.409. The van der Waals surface area contributed by atoms with E-state index in [4.69, 9.17) is 11.6 Å². The van der Waals surface area contributed by atoms with Gasteiger partial charge >= 0.3 is 6.18 Å². The Labute approximate surface area is 196 Å². The molecule has 33 heavy (non-hydrogen) atoms. The Bertz CT molecular complexity index is 1070. The molecule has 1 aliphatic rings. The maximum atomic E-state index is 13.3. The molecule has 0 radical (unpaired) electrons. The Morgan fingerprint density at radius 1 is 1.15 bits per heavy atom. The van der Waals surface area contributed by atoms with Crippen LogP contribution in [0.25, 0.3) is 0 Å². The highest BCUT2D eigenvalue weighted by molar-refractivity contribution is 7.92. The molecule has 1 aliphatic heterocycles. The lowest BCUT2D eigenvalue weighted by molar-refractivity contribution is -0.137. The van der Waals surface area contributed by atoms with Crippen molar-refractivity contribution in [1.29, 1.82) is 0 Å². The fourth-order valence-corrected chi connectivity index (χ4v) is 5.33. The maximum absolute atomic E-state index is 13.3. The molecule has 0 aromatic heterocycles.